The molecule has 0 saturated heterocycles. The summed E-state index contributed by atoms with van der Waals surface area (Å²) in [4.78, 5) is 35.4. The van der Waals surface area contributed by atoms with E-state index in [2.05, 4.69) is 16.0 Å². The van der Waals surface area contributed by atoms with Gasteiger partial charge in [0.1, 0.15) is 0 Å². The van der Waals surface area contributed by atoms with Crippen LogP contribution in [0.5, 0.6) is 0 Å². The average Bonchev–Trinajstić information content (AvgIpc) is 3.22. The third-order valence-electron chi connectivity index (χ3n) is 3.88. The van der Waals surface area contributed by atoms with E-state index in [4.69, 9.17) is 4.42 Å². The van der Waals surface area contributed by atoms with Gasteiger partial charge in [0.15, 0.2) is 5.76 Å². The zero-order valence-corrected chi connectivity index (χ0v) is 15.2. The lowest BCUT2D eigenvalue weighted by Crippen LogP contribution is -2.19. The van der Waals surface area contributed by atoms with E-state index >= 15 is 0 Å². The van der Waals surface area contributed by atoms with Crippen molar-refractivity contribution in [2.24, 2.45) is 0 Å². The zero-order chi connectivity index (χ0) is 19.9. The number of amides is 3. The molecule has 0 saturated carbocycles. The number of rotatable bonds is 6. The molecule has 2 aromatic carbocycles. The van der Waals surface area contributed by atoms with Crippen LogP contribution in [0.3, 0.4) is 0 Å². The Morgan fingerprint density at radius 1 is 0.857 bits per heavy atom. The van der Waals surface area contributed by atoms with Crippen LogP contribution in [0.25, 0.3) is 0 Å². The first-order valence-corrected chi connectivity index (χ1v) is 8.61. The van der Waals surface area contributed by atoms with Gasteiger partial charge in [0.05, 0.1) is 6.26 Å². The number of hydrogen-bond acceptors (Lipinski definition) is 4. The van der Waals surface area contributed by atoms with Crippen LogP contribution in [0.1, 0.15) is 33.4 Å². The van der Waals surface area contributed by atoms with E-state index in [0.29, 0.717) is 23.5 Å². The monoisotopic (exact) mass is 377 g/mol. The van der Waals surface area contributed by atoms with E-state index in [1.54, 1.807) is 60.7 Å². The Kier molecular flexibility index (Phi) is 5.86. The molecule has 142 valence electrons. The first-order valence-electron chi connectivity index (χ1n) is 8.61. The highest BCUT2D eigenvalue weighted by molar-refractivity contribution is 6.05. The summed E-state index contributed by atoms with van der Waals surface area (Å²) in [5.74, 6) is -0.557. The second-order valence-electron chi connectivity index (χ2n) is 6.07. The standard InChI is InChI=1S/C21H19N3O4/c1-14(25)22-13-15-7-9-16(10-8-15)20(26)23-17-4-2-5-18(12-17)24-21(27)19-6-3-11-28-19/h2-12H,13H2,1H3,(H,22,25)(H,23,26)(H,24,27). The van der Waals surface area contributed by atoms with Gasteiger partial charge in [0.25, 0.3) is 11.8 Å². The fraction of sp³-hybridized carbons (Fsp3) is 0.0952. The molecule has 0 spiro atoms. The molecule has 1 aromatic heterocycles. The topological polar surface area (TPSA) is 100 Å². The molecule has 3 amide bonds. The number of benzene rings is 2. The summed E-state index contributed by atoms with van der Waals surface area (Å²) in [5, 5.41) is 8.20. The largest absolute Gasteiger partial charge is 0.459 e. The number of carbonyl (C=O) groups is 3. The van der Waals surface area contributed by atoms with Crippen LogP contribution in [0.15, 0.2) is 71.3 Å². The lowest BCUT2D eigenvalue weighted by atomic mass is 10.1. The maximum atomic E-state index is 12.4. The molecule has 1 heterocycles. The van der Waals surface area contributed by atoms with Gasteiger partial charge in [-0.2, -0.15) is 0 Å². The zero-order valence-electron chi connectivity index (χ0n) is 15.2. The summed E-state index contributed by atoms with van der Waals surface area (Å²) >= 11 is 0. The number of furan rings is 1. The fourth-order valence-corrected chi connectivity index (χ4v) is 2.48. The molecule has 3 rings (SSSR count). The predicted octanol–water partition coefficient (Wildman–Crippen LogP) is 3.42. The van der Waals surface area contributed by atoms with Gasteiger partial charge in [-0.15, -0.1) is 0 Å². The fourth-order valence-electron chi connectivity index (χ4n) is 2.48. The second kappa shape index (κ2) is 8.68. The highest BCUT2D eigenvalue weighted by Gasteiger charge is 2.10. The van der Waals surface area contributed by atoms with Gasteiger partial charge in [0, 0.05) is 30.4 Å². The smallest absolute Gasteiger partial charge is 0.291 e. The van der Waals surface area contributed by atoms with Gasteiger partial charge in [0.2, 0.25) is 5.91 Å². The van der Waals surface area contributed by atoms with E-state index in [1.165, 1.54) is 13.2 Å². The molecule has 3 aromatic rings. The van der Waals surface area contributed by atoms with Crippen LogP contribution in [0.2, 0.25) is 0 Å². The van der Waals surface area contributed by atoms with Gasteiger partial charge in [-0.3, -0.25) is 14.4 Å². The van der Waals surface area contributed by atoms with E-state index in [-0.39, 0.29) is 23.5 Å². The highest BCUT2D eigenvalue weighted by Crippen LogP contribution is 2.17. The Bertz CT molecular complexity index is 979. The Balaban J connectivity index is 1.62. The third kappa shape index (κ3) is 5.07. The molecule has 0 aliphatic heterocycles. The van der Waals surface area contributed by atoms with Crippen molar-refractivity contribution < 1.29 is 18.8 Å². The van der Waals surface area contributed by atoms with Crippen molar-refractivity contribution in [3.8, 4) is 0 Å². The summed E-state index contributed by atoms with van der Waals surface area (Å²) in [6.45, 7) is 1.86. The van der Waals surface area contributed by atoms with Crippen molar-refractivity contribution in [2.45, 2.75) is 13.5 Å². The van der Waals surface area contributed by atoms with Crippen molar-refractivity contribution in [1.29, 1.82) is 0 Å². The van der Waals surface area contributed by atoms with Crippen molar-refractivity contribution >= 4 is 29.1 Å². The molecule has 7 heteroatoms. The molecule has 3 N–H and O–H groups in total. The van der Waals surface area contributed by atoms with Gasteiger partial charge in [-0.05, 0) is 48.0 Å². The van der Waals surface area contributed by atoms with Crippen molar-refractivity contribution in [1.82, 2.24) is 5.32 Å². The predicted molar refractivity (Wildman–Crippen MR) is 105 cm³/mol. The molecule has 28 heavy (non-hydrogen) atoms. The maximum Gasteiger partial charge on any atom is 0.291 e. The summed E-state index contributed by atoms with van der Waals surface area (Å²) in [5.41, 5.74) is 2.46. The van der Waals surface area contributed by atoms with Gasteiger partial charge < -0.3 is 20.4 Å². The summed E-state index contributed by atoms with van der Waals surface area (Å²) in [7, 11) is 0. The minimum Gasteiger partial charge on any atom is -0.459 e. The molecule has 0 unspecified atom stereocenters. The Hall–Kier alpha value is -3.87. The van der Waals surface area contributed by atoms with Crippen molar-refractivity contribution in [3.63, 3.8) is 0 Å². The van der Waals surface area contributed by atoms with Gasteiger partial charge in [-0.1, -0.05) is 18.2 Å². The summed E-state index contributed by atoms with van der Waals surface area (Å²) < 4.78 is 5.06. The molecule has 0 atom stereocenters. The van der Waals surface area contributed by atoms with Crippen LogP contribution in [-0.4, -0.2) is 17.7 Å². The number of hydrogen-bond donors (Lipinski definition) is 3. The molecular formula is C21H19N3O4. The minimum atomic E-state index is -0.372. The summed E-state index contributed by atoms with van der Waals surface area (Å²) in [6.07, 6.45) is 1.42. The molecule has 0 fully saturated rings. The number of nitrogens with one attached hydrogen (secondary N) is 3. The third-order valence-corrected chi connectivity index (χ3v) is 3.88. The molecule has 0 radical (unpaired) electrons. The van der Waals surface area contributed by atoms with Crippen molar-refractivity contribution in [3.05, 3.63) is 83.8 Å². The van der Waals surface area contributed by atoms with E-state index in [1.807, 2.05) is 0 Å². The molecule has 7 nitrogen and oxygen atoms in total. The summed E-state index contributed by atoms with van der Waals surface area (Å²) in [6, 6.07) is 17.0. The first-order chi connectivity index (χ1) is 13.5. The highest BCUT2D eigenvalue weighted by atomic mass is 16.3. The maximum absolute atomic E-state index is 12.4. The quantitative estimate of drug-likeness (QED) is 0.613. The van der Waals surface area contributed by atoms with Gasteiger partial charge >= 0.3 is 0 Å². The Morgan fingerprint density at radius 3 is 2.14 bits per heavy atom. The Labute approximate surface area is 161 Å². The van der Waals surface area contributed by atoms with Crippen LogP contribution >= 0.6 is 0 Å². The average molecular weight is 377 g/mol. The van der Waals surface area contributed by atoms with Crippen LogP contribution in [0.4, 0.5) is 11.4 Å². The lowest BCUT2D eigenvalue weighted by molar-refractivity contribution is -0.119. The number of anilines is 2. The normalized spacial score (nSPS) is 10.2. The molecule has 0 aliphatic rings. The first kappa shape index (κ1) is 18.9. The van der Waals surface area contributed by atoms with E-state index in [0.717, 1.165) is 5.56 Å². The molecule has 0 aliphatic carbocycles. The number of carbonyl (C=O) groups excluding carboxylic acids is 3. The van der Waals surface area contributed by atoms with E-state index in [9.17, 15) is 14.4 Å². The Morgan fingerprint density at radius 2 is 1.54 bits per heavy atom. The minimum absolute atomic E-state index is 0.110. The van der Waals surface area contributed by atoms with Crippen molar-refractivity contribution in [2.75, 3.05) is 10.6 Å². The van der Waals surface area contributed by atoms with E-state index < -0.39 is 0 Å². The lowest BCUT2D eigenvalue weighted by Gasteiger charge is -2.09. The van der Waals surface area contributed by atoms with Gasteiger partial charge in [-0.25, -0.2) is 0 Å². The van der Waals surface area contributed by atoms with Crippen LogP contribution < -0.4 is 16.0 Å². The van der Waals surface area contributed by atoms with Crippen LogP contribution in [-0.2, 0) is 11.3 Å². The molecule has 0 bridgehead atoms. The van der Waals surface area contributed by atoms with Crippen LogP contribution in [0, 0.1) is 0 Å². The second-order valence-corrected chi connectivity index (χ2v) is 6.07. The molecular weight excluding hydrogens is 358 g/mol. The SMILES string of the molecule is CC(=O)NCc1ccc(C(=O)Nc2cccc(NC(=O)c3ccco3)c2)cc1.